The van der Waals surface area contributed by atoms with E-state index in [2.05, 4.69) is 18.7 Å². The first-order valence-electron chi connectivity index (χ1n) is 6.05. The fourth-order valence-electron chi connectivity index (χ4n) is 2.23. The van der Waals surface area contributed by atoms with Gasteiger partial charge in [0, 0.05) is 32.1 Å². The summed E-state index contributed by atoms with van der Waals surface area (Å²) in [6.45, 7) is 6.96. The van der Waals surface area contributed by atoms with Crippen LogP contribution in [0.1, 0.15) is 26.7 Å². The summed E-state index contributed by atoms with van der Waals surface area (Å²) >= 11 is 0. The lowest BCUT2D eigenvalue weighted by atomic mass is 9.91. The molecule has 1 rings (SSSR count). The highest BCUT2D eigenvalue weighted by Gasteiger charge is 2.32. The van der Waals surface area contributed by atoms with Crippen molar-refractivity contribution in [3.05, 3.63) is 0 Å². The van der Waals surface area contributed by atoms with Gasteiger partial charge in [-0.05, 0) is 39.8 Å². The van der Waals surface area contributed by atoms with E-state index in [1.165, 1.54) is 0 Å². The molecule has 2 N–H and O–H groups in total. The molecule has 0 radical (unpaired) electrons. The summed E-state index contributed by atoms with van der Waals surface area (Å²) in [5, 5.41) is 0. The molecule has 0 atom stereocenters. The van der Waals surface area contributed by atoms with Gasteiger partial charge in [-0.2, -0.15) is 0 Å². The summed E-state index contributed by atoms with van der Waals surface area (Å²) < 4.78 is 0. The minimum Gasteiger partial charge on any atom is -0.349 e. The second kappa shape index (κ2) is 5.15. The summed E-state index contributed by atoms with van der Waals surface area (Å²) in [6.07, 6.45) is 1.92. The Morgan fingerprint density at radius 3 is 2.25 bits per heavy atom. The zero-order valence-electron chi connectivity index (χ0n) is 11.0. The minimum atomic E-state index is 0.0616. The largest absolute Gasteiger partial charge is 0.349 e. The van der Waals surface area contributed by atoms with E-state index in [-0.39, 0.29) is 17.4 Å². The Balaban J connectivity index is 2.49. The van der Waals surface area contributed by atoms with Gasteiger partial charge in [-0.15, -0.1) is 0 Å². The number of nitrogens with zero attached hydrogens (tertiary/aromatic N) is 2. The van der Waals surface area contributed by atoms with Gasteiger partial charge in [0.2, 0.25) is 5.91 Å². The molecule has 4 nitrogen and oxygen atoms in total. The van der Waals surface area contributed by atoms with Crippen molar-refractivity contribution in [1.82, 2.24) is 9.80 Å². The van der Waals surface area contributed by atoms with Crippen LogP contribution in [-0.2, 0) is 4.79 Å². The van der Waals surface area contributed by atoms with Crippen LogP contribution in [0.4, 0.5) is 0 Å². The highest BCUT2D eigenvalue weighted by Crippen LogP contribution is 2.24. The molecular weight excluding hydrogens is 202 g/mol. The molecule has 0 unspecified atom stereocenters. The van der Waals surface area contributed by atoms with Crippen molar-refractivity contribution in [2.24, 2.45) is 11.7 Å². The fourth-order valence-corrected chi connectivity index (χ4v) is 2.23. The van der Waals surface area contributed by atoms with Crippen LogP contribution in [0.15, 0.2) is 0 Å². The molecule has 0 aliphatic carbocycles. The van der Waals surface area contributed by atoms with Gasteiger partial charge in [-0.1, -0.05) is 0 Å². The molecule has 1 saturated heterocycles. The van der Waals surface area contributed by atoms with E-state index in [1.807, 2.05) is 14.1 Å². The Hall–Kier alpha value is -0.610. The first-order chi connectivity index (χ1) is 7.38. The predicted octanol–water partition coefficient (Wildman–Crippen LogP) is 0.524. The number of hydrogen-bond acceptors (Lipinski definition) is 3. The quantitative estimate of drug-likeness (QED) is 0.765. The summed E-state index contributed by atoms with van der Waals surface area (Å²) in [7, 11) is 3.66. The molecule has 0 bridgehead atoms. The second-order valence-corrected chi connectivity index (χ2v) is 5.51. The molecule has 4 heteroatoms. The molecule has 0 saturated carbocycles. The standard InChI is InChI=1S/C12H25N3O/c1-12(2,9-13)15-7-5-10(6-8-15)11(16)14(3)4/h10H,5-9,13H2,1-4H3. The van der Waals surface area contributed by atoms with Crippen molar-refractivity contribution in [2.45, 2.75) is 32.2 Å². The Morgan fingerprint density at radius 2 is 1.88 bits per heavy atom. The summed E-state index contributed by atoms with van der Waals surface area (Å²) in [4.78, 5) is 15.9. The summed E-state index contributed by atoms with van der Waals surface area (Å²) in [6, 6.07) is 0. The number of piperidine rings is 1. The number of carbonyl (C=O) groups excluding carboxylic acids is 1. The average Bonchev–Trinajstić information content (AvgIpc) is 2.28. The molecule has 94 valence electrons. The van der Waals surface area contributed by atoms with Gasteiger partial charge < -0.3 is 10.6 Å². The van der Waals surface area contributed by atoms with Crippen LogP contribution in [0, 0.1) is 5.92 Å². The van der Waals surface area contributed by atoms with E-state index in [1.54, 1.807) is 4.90 Å². The van der Waals surface area contributed by atoms with Gasteiger partial charge in [-0.3, -0.25) is 9.69 Å². The van der Waals surface area contributed by atoms with E-state index in [0.29, 0.717) is 6.54 Å². The number of nitrogens with two attached hydrogens (primary N) is 1. The highest BCUT2D eigenvalue weighted by molar-refractivity contribution is 5.78. The van der Waals surface area contributed by atoms with Crippen LogP contribution in [0.5, 0.6) is 0 Å². The third kappa shape index (κ3) is 2.95. The Kier molecular flexibility index (Phi) is 4.33. The normalized spacial score (nSPS) is 19.8. The minimum absolute atomic E-state index is 0.0616. The van der Waals surface area contributed by atoms with Crippen molar-refractivity contribution in [3.8, 4) is 0 Å². The van der Waals surface area contributed by atoms with Gasteiger partial charge in [0.15, 0.2) is 0 Å². The second-order valence-electron chi connectivity index (χ2n) is 5.51. The number of rotatable bonds is 3. The number of likely N-dealkylation sites (tertiary alicyclic amines) is 1. The molecule has 1 aliphatic heterocycles. The van der Waals surface area contributed by atoms with E-state index in [9.17, 15) is 4.79 Å². The summed E-state index contributed by atoms with van der Waals surface area (Å²) in [5.41, 5.74) is 5.82. The third-order valence-corrected chi connectivity index (χ3v) is 3.64. The molecule has 1 aliphatic rings. The molecule has 0 aromatic rings. The smallest absolute Gasteiger partial charge is 0.225 e. The van der Waals surface area contributed by atoms with Crippen molar-refractivity contribution < 1.29 is 4.79 Å². The Bertz CT molecular complexity index is 243. The predicted molar refractivity (Wildman–Crippen MR) is 66.1 cm³/mol. The van der Waals surface area contributed by atoms with Crippen LogP contribution < -0.4 is 5.73 Å². The molecule has 16 heavy (non-hydrogen) atoms. The fraction of sp³-hybridized carbons (Fsp3) is 0.917. The molecule has 1 fully saturated rings. The molecule has 0 aromatic carbocycles. The van der Waals surface area contributed by atoms with E-state index in [4.69, 9.17) is 5.73 Å². The summed E-state index contributed by atoms with van der Waals surface area (Å²) in [5.74, 6) is 0.477. The molecular formula is C12H25N3O. The Labute approximate surface area is 98.8 Å². The van der Waals surface area contributed by atoms with Crippen LogP contribution >= 0.6 is 0 Å². The lowest BCUT2D eigenvalue weighted by molar-refractivity contribution is -0.134. The first-order valence-corrected chi connectivity index (χ1v) is 6.05. The first kappa shape index (κ1) is 13.5. The lowest BCUT2D eigenvalue weighted by Crippen LogP contribution is -2.53. The van der Waals surface area contributed by atoms with Crippen LogP contribution in [-0.4, -0.2) is 55.0 Å². The maximum Gasteiger partial charge on any atom is 0.225 e. The van der Waals surface area contributed by atoms with Crippen LogP contribution in [0.25, 0.3) is 0 Å². The van der Waals surface area contributed by atoms with Crippen molar-refractivity contribution in [3.63, 3.8) is 0 Å². The van der Waals surface area contributed by atoms with E-state index < -0.39 is 0 Å². The maximum atomic E-state index is 11.8. The van der Waals surface area contributed by atoms with E-state index in [0.717, 1.165) is 25.9 Å². The SMILES string of the molecule is CN(C)C(=O)C1CCN(C(C)(C)CN)CC1. The third-order valence-electron chi connectivity index (χ3n) is 3.64. The van der Waals surface area contributed by atoms with Crippen molar-refractivity contribution in [2.75, 3.05) is 33.7 Å². The topological polar surface area (TPSA) is 49.6 Å². The molecule has 1 heterocycles. The van der Waals surface area contributed by atoms with Crippen LogP contribution in [0.2, 0.25) is 0 Å². The lowest BCUT2D eigenvalue weighted by Gasteiger charge is -2.42. The number of hydrogen-bond donors (Lipinski definition) is 1. The van der Waals surface area contributed by atoms with Gasteiger partial charge in [-0.25, -0.2) is 0 Å². The molecule has 0 aromatic heterocycles. The van der Waals surface area contributed by atoms with Crippen molar-refractivity contribution in [1.29, 1.82) is 0 Å². The number of amides is 1. The van der Waals surface area contributed by atoms with Gasteiger partial charge in [0.1, 0.15) is 0 Å². The van der Waals surface area contributed by atoms with Gasteiger partial charge in [0.05, 0.1) is 0 Å². The maximum absolute atomic E-state index is 11.8. The molecule has 1 amide bonds. The Morgan fingerprint density at radius 1 is 1.38 bits per heavy atom. The highest BCUT2D eigenvalue weighted by atomic mass is 16.2. The van der Waals surface area contributed by atoms with Crippen molar-refractivity contribution >= 4 is 5.91 Å². The number of carbonyl (C=O) groups is 1. The average molecular weight is 227 g/mol. The monoisotopic (exact) mass is 227 g/mol. The van der Waals surface area contributed by atoms with E-state index >= 15 is 0 Å². The van der Waals surface area contributed by atoms with Gasteiger partial charge >= 0.3 is 0 Å². The molecule has 0 spiro atoms. The zero-order valence-corrected chi connectivity index (χ0v) is 11.0. The zero-order chi connectivity index (χ0) is 12.3. The van der Waals surface area contributed by atoms with Gasteiger partial charge in [0.25, 0.3) is 0 Å². The van der Waals surface area contributed by atoms with Crippen LogP contribution in [0.3, 0.4) is 0 Å².